The SMILES string of the molecule is CCOc1ccc(NC2=C(c3cccs3)C(=O)N(CC(C)C)C2=O)cc1. The van der Waals surface area contributed by atoms with Gasteiger partial charge in [0.15, 0.2) is 0 Å². The number of amides is 2. The van der Waals surface area contributed by atoms with Gasteiger partial charge in [0.25, 0.3) is 11.8 Å². The van der Waals surface area contributed by atoms with Gasteiger partial charge in [-0.3, -0.25) is 14.5 Å². The summed E-state index contributed by atoms with van der Waals surface area (Å²) in [5.74, 6) is 0.457. The molecule has 3 rings (SSSR count). The van der Waals surface area contributed by atoms with Gasteiger partial charge in [0, 0.05) is 17.1 Å². The molecule has 0 saturated heterocycles. The minimum absolute atomic E-state index is 0.206. The number of nitrogens with zero attached hydrogens (tertiary/aromatic N) is 1. The molecule has 1 N–H and O–H groups in total. The van der Waals surface area contributed by atoms with E-state index in [0.717, 1.165) is 16.3 Å². The molecule has 0 spiro atoms. The highest BCUT2D eigenvalue weighted by Crippen LogP contribution is 2.33. The molecule has 2 aromatic rings. The second-order valence-electron chi connectivity index (χ2n) is 6.42. The lowest BCUT2D eigenvalue weighted by Crippen LogP contribution is -2.35. The Morgan fingerprint density at radius 2 is 1.85 bits per heavy atom. The molecule has 136 valence electrons. The number of imide groups is 1. The molecule has 1 aliphatic rings. The fourth-order valence-corrected chi connectivity index (χ4v) is 3.59. The van der Waals surface area contributed by atoms with Crippen LogP contribution < -0.4 is 10.1 Å². The summed E-state index contributed by atoms with van der Waals surface area (Å²) in [6, 6.07) is 11.1. The van der Waals surface area contributed by atoms with E-state index in [1.54, 1.807) is 0 Å². The number of carbonyl (C=O) groups is 2. The van der Waals surface area contributed by atoms with E-state index in [1.165, 1.54) is 16.2 Å². The smallest absolute Gasteiger partial charge is 0.278 e. The molecule has 0 radical (unpaired) electrons. The molecule has 1 aliphatic heterocycles. The highest BCUT2D eigenvalue weighted by Gasteiger charge is 2.39. The largest absolute Gasteiger partial charge is 0.494 e. The molecular formula is C20H22N2O3S. The molecular weight excluding hydrogens is 348 g/mol. The van der Waals surface area contributed by atoms with Crippen molar-refractivity contribution in [2.75, 3.05) is 18.5 Å². The number of nitrogens with one attached hydrogen (secondary N) is 1. The predicted molar refractivity (Wildman–Crippen MR) is 104 cm³/mol. The molecule has 2 heterocycles. The van der Waals surface area contributed by atoms with Crippen molar-refractivity contribution < 1.29 is 14.3 Å². The van der Waals surface area contributed by atoms with E-state index >= 15 is 0 Å². The lowest BCUT2D eigenvalue weighted by atomic mass is 10.1. The van der Waals surface area contributed by atoms with Crippen LogP contribution in [0.25, 0.3) is 5.57 Å². The minimum Gasteiger partial charge on any atom is -0.494 e. The fourth-order valence-electron chi connectivity index (χ4n) is 2.82. The lowest BCUT2D eigenvalue weighted by molar-refractivity contribution is -0.137. The first kappa shape index (κ1) is 18.2. The average molecular weight is 370 g/mol. The third-order valence-corrected chi connectivity index (χ3v) is 4.81. The summed E-state index contributed by atoms with van der Waals surface area (Å²) < 4.78 is 5.44. The van der Waals surface area contributed by atoms with E-state index in [-0.39, 0.29) is 17.7 Å². The van der Waals surface area contributed by atoms with Crippen LogP contribution in [0.4, 0.5) is 5.69 Å². The Kier molecular flexibility index (Phi) is 5.42. The van der Waals surface area contributed by atoms with Gasteiger partial charge in [0.1, 0.15) is 11.4 Å². The number of carbonyl (C=O) groups excluding carboxylic acids is 2. The van der Waals surface area contributed by atoms with Crippen molar-refractivity contribution in [1.29, 1.82) is 0 Å². The lowest BCUT2D eigenvalue weighted by Gasteiger charge is -2.17. The number of anilines is 1. The van der Waals surface area contributed by atoms with Gasteiger partial charge in [0.05, 0.1) is 12.2 Å². The molecule has 1 aromatic heterocycles. The molecule has 0 fully saturated rings. The molecule has 26 heavy (non-hydrogen) atoms. The standard InChI is InChI=1S/C20H22N2O3S/c1-4-25-15-9-7-14(8-10-15)21-18-17(16-6-5-11-26-16)19(23)22(20(18)24)12-13(2)3/h5-11,13,21H,4,12H2,1-3H3. The molecule has 1 aromatic carbocycles. The van der Waals surface area contributed by atoms with Gasteiger partial charge in [-0.25, -0.2) is 0 Å². The normalized spacial score (nSPS) is 14.5. The third kappa shape index (κ3) is 3.65. The first-order valence-corrected chi connectivity index (χ1v) is 9.53. The Morgan fingerprint density at radius 3 is 2.42 bits per heavy atom. The van der Waals surface area contributed by atoms with Crippen LogP contribution in [-0.2, 0) is 9.59 Å². The van der Waals surface area contributed by atoms with Crippen molar-refractivity contribution in [1.82, 2.24) is 4.90 Å². The van der Waals surface area contributed by atoms with Crippen molar-refractivity contribution in [3.05, 3.63) is 52.4 Å². The molecule has 6 heteroatoms. The first-order valence-electron chi connectivity index (χ1n) is 8.65. The molecule has 0 unspecified atom stereocenters. The maximum absolute atomic E-state index is 12.9. The summed E-state index contributed by atoms with van der Waals surface area (Å²) in [6.07, 6.45) is 0. The van der Waals surface area contributed by atoms with Gasteiger partial charge >= 0.3 is 0 Å². The second kappa shape index (κ2) is 7.74. The van der Waals surface area contributed by atoms with E-state index in [0.29, 0.717) is 24.4 Å². The molecule has 0 saturated carbocycles. The zero-order valence-corrected chi connectivity index (χ0v) is 15.9. The average Bonchev–Trinajstić information content (AvgIpc) is 3.20. The first-order chi connectivity index (χ1) is 12.5. The number of hydrogen-bond acceptors (Lipinski definition) is 5. The summed E-state index contributed by atoms with van der Waals surface area (Å²) in [7, 11) is 0. The summed E-state index contributed by atoms with van der Waals surface area (Å²) in [5, 5.41) is 5.05. The maximum atomic E-state index is 12.9. The second-order valence-corrected chi connectivity index (χ2v) is 7.37. The molecule has 2 amide bonds. The van der Waals surface area contributed by atoms with Crippen molar-refractivity contribution in [2.24, 2.45) is 5.92 Å². The zero-order valence-electron chi connectivity index (χ0n) is 15.1. The van der Waals surface area contributed by atoms with Gasteiger partial charge in [-0.05, 0) is 48.6 Å². The van der Waals surface area contributed by atoms with Gasteiger partial charge in [-0.15, -0.1) is 11.3 Å². The predicted octanol–water partition coefficient (Wildman–Crippen LogP) is 3.99. The fraction of sp³-hybridized carbons (Fsp3) is 0.300. The Balaban J connectivity index is 1.94. The van der Waals surface area contributed by atoms with Crippen molar-refractivity contribution in [3.63, 3.8) is 0 Å². The summed E-state index contributed by atoms with van der Waals surface area (Å²) in [4.78, 5) is 27.9. The van der Waals surface area contributed by atoms with E-state index in [2.05, 4.69) is 5.32 Å². The molecule has 0 atom stereocenters. The van der Waals surface area contributed by atoms with Crippen molar-refractivity contribution >= 4 is 34.4 Å². The number of hydrogen-bond donors (Lipinski definition) is 1. The van der Waals surface area contributed by atoms with E-state index in [4.69, 9.17) is 4.74 Å². The maximum Gasteiger partial charge on any atom is 0.278 e. The number of thiophene rings is 1. The van der Waals surface area contributed by atoms with Crippen LogP contribution in [0.3, 0.4) is 0 Å². The van der Waals surface area contributed by atoms with Gasteiger partial charge in [0.2, 0.25) is 0 Å². The topological polar surface area (TPSA) is 58.6 Å². The third-order valence-electron chi connectivity index (χ3n) is 3.92. The van der Waals surface area contributed by atoms with Crippen molar-refractivity contribution in [2.45, 2.75) is 20.8 Å². The Hall–Kier alpha value is -2.60. The van der Waals surface area contributed by atoms with Gasteiger partial charge in [-0.1, -0.05) is 19.9 Å². The van der Waals surface area contributed by atoms with E-state index < -0.39 is 0 Å². The monoisotopic (exact) mass is 370 g/mol. The molecule has 5 nitrogen and oxygen atoms in total. The summed E-state index contributed by atoms with van der Waals surface area (Å²) in [6.45, 7) is 6.90. The highest BCUT2D eigenvalue weighted by atomic mass is 32.1. The summed E-state index contributed by atoms with van der Waals surface area (Å²) in [5.41, 5.74) is 1.52. The number of rotatable bonds is 7. The van der Waals surface area contributed by atoms with Crippen LogP contribution in [-0.4, -0.2) is 29.9 Å². The quantitative estimate of drug-likeness (QED) is 0.749. The van der Waals surface area contributed by atoms with Gasteiger partial charge in [-0.2, -0.15) is 0 Å². The zero-order chi connectivity index (χ0) is 18.7. The Bertz CT molecular complexity index is 823. The van der Waals surface area contributed by atoms with Gasteiger partial charge < -0.3 is 10.1 Å². The molecule has 0 aliphatic carbocycles. The Morgan fingerprint density at radius 1 is 1.12 bits per heavy atom. The van der Waals surface area contributed by atoms with Crippen molar-refractivity contribution in [3.8, 4) is 5.75 Å². The Labute approximate surface area is 157 Å². The van der Waals surface area contributed by atoms with E-state index in [9.17, 15) is 9.59 Å². The van der Waals surface area contributed by atoms with Crippen LogP contribution in [0.15, 0.2) is 47.5 Å². The van der Waals surface area contributed by atoms with Crippen LogP contribution in [0.2, 0.25) is 0 Å². The van der Waals surface area contributed by atoms with Crippen LogP contribution in [0.5, 0.6) is 5.75 Å². The summed E-state index contributed by atoms with van der Waals surface area (Å²) >= 11 is 1.45. The highest BCUT2D eigenvalue weighted by molar-refractivity contribution is 7.11. The number of benzene rings is 1. The van der Waals surface area contributed by atoms with Crippen LogP contribution >= 0.6 is 11.3 Å². The van der Waals surface area contributed by atoms with Crippen LogP contribution in [0.1, 0.15) is 25.6 Å². The number of ether oxygens (including phenoxy) is 1. The molecule has 0 bridgehead atoms. The minimum atomic E-state index is -0.277. The van der Waals surface area contributed by atoms with E-state index in [1.807, 2.05) is 62.5 Å². The van der Waals surface area contributed by atoms with Crippen LogP contribution in [0, 0.1) is 5.92 Å².